The van der Waals surface area contributed by atoms with Gasteiger partial charge in [0.1, 0.15) is 0 Å². The minimum absolute atomic E-state index is 0. The first kappa shape index (κ1) is 25.8. The SMILES string of the molecule is C[Si](C)(C)O[Si](C)(C1=CC=C2C=CC=CC21)C1C=Cc2ccccc21.[Cl-].[Cl-].[Zr+2]. The fourth-order valence-corrected chi connectivity index (χ4v) is 13.5. The number of benzene rings is 1. The molecule has 1 nitrogen and oxygen atoms in total. The van der Waals surface area contributed by atoms with Gasteiger partial charge in [0.25, 0.3) is 0 Å². The van der Waals surface area contributed by atoms with E-state index >= 15 is 0 Å². The van der Waals surface area contributed by atoms with Gasteiger partial charge in [-0.25, -0.2) is 0 Å². The van der Waals surface area contributed by atoms with Gasteiger partial charge in [0.05, 0.1) is 0 Å². The summed E-state index contributed by atoms with van der Waals surface area (Å²) >= 11 is 0. The Balaban J connectivity index is 0.00000131. The Morgan fingerprint density at radius 2 is 1.57 bits per heavy atom. The standard InChI is InChI=1S/C22H26OSi2.2ClH.Zr/c1-24(2,3)23-25(4,21-15-13-17-9-5-7-11-19(17)21)22-16-14-18-10-6-8-12-20(18)22;;;/h5-16,19,22H,1-4H3;2*1H;/q;;;+2/p-2. The molecule has 0 radical (unpaired) electrons. The van der Waals surface area contributed by atoms with Crippen LogP contribution in [0.3, 0.4) is 0 Å². The molecule has 146 valence electrons. The average Bonchev–Trinajstić information content (AvgIpc) is 3.18. The summed E-state index contributed by atoms with van der Waals surface area (Å²) in [6.45, 7) is 9.41. The zero-order valence-corrected chi connectivity index (χ0v) is 22.7. The molecule has 0 saturated carbocycles. The maximum absolute atomic E-state index is 7.07. The zero-order valence-electron chi connectivity index (χ0n) is 16.7. The van der Waals surface area contributed by atoms with E-state index in [0.29, 0.717) is 11.5 Å². The Labute approximate surface area is 202 Å². The molecule has 0 aliphatic heterocycles. The topological polar surface area (TPSA) is 9.23 Å². The third kappa shape index (κ3) is 4.74. The third-order valence-corrected chi connectivity index (χ3v) is 12.8. The van der Waals surface area contributed by atoms with Gasteiger partial charge in [-0.15, -0.1) is 0 Å². The summed E-state index contributed by atoms with van der Waals surface area (Å²) in [5, 5.41) is 1.52. The summed E-state index contributed by atoms with van der Waals surface area (Å²) < 4.78 is 7.07. The van der Waals surface area contributed by atoms with Crippen molar-refractivity contribution < 1.29 is 55.1 Å². The molecule has 0 amide bonds. The van der Waals surface area contributed by atoms with E-state index in [-0.39, 0.29) is 51.0 Å². The van der Waals surface area contributed by atoms with Crippen LogP contribution in [0.5, 0.6) is 0 Å². The fourth-order valence-electron chi connectivity index (χ4n) is 4.43. The van der Waals surface area contributed by atoms with Crippen LogP contribution < -0.4 is 24.8 Å². The number of halogens is 2. The van der Waals surface area contributed by atoms with Crippen molar-refractivity contribution in [3.63, 3.8) is 0 Å². The molecule has 0 fully saturated rings. The van der Waals surface area contributed by atoms with Crippen molar-refractivity contribution in [2.75, 3.05) is 0 Å². The van der Waals surface area contributed by atoms with E-state index in [1.54, 1.807) is 0 Å². The molecule has 0 saturated heterocycles. The maximum atomic E-state index is 7.07. The molecule has 0 aromatic heterocycles. The van der Waals surface area contributed by atoms with Gasteiger partial charge in [-0.2, -0.15) is 0 Å². The molecule has 1 aromatic rings. The van der Waals surface area contributed by atoms with Gasteiger partial charge in [0.15, 0.2) is 8.32 Å². The van der Waals surface area contributed by atoms with Crippen LogP contribution in [0.4, 0.5) is 0 Å². The van der Waals surface area contributed by atoms with Crippen LogP contribution in [-0.2, 0) is 30.3 Å². The van der Waals surface area contributed by atoms with Crippen molar-refractivity contribution in [2.45, 2.75) is 31.7 Å². The molecule has 1 aromatic carbocycles. The minimum Gasteiger partial charge on any atom is -1.00 e. The van der Waals surface area contributed by atoms with Crippen molar-refractivity contribution in [3.05, 3.63) is 88.7 Å². The van der Waals surface area contributed by atoms with Crippen molar-refractivity contribution in [2.24, 2.45) is 5.92 Å². The summed E-state index contributed by atoms with van der Waals surface area (Å²) in [7, 11) is -3.86. The normalized spacial score (nSPS) is 23.3. The first-order valence-corrected chi connectivity index (χ1v) is 15.0. The van der Waals surface area contributed by atoms with Crippen LogP contribution in [-0.4, -0.2) is 16.6 Å². The van der Waals surface area contributed by atoms with Gasteiger partial charge in [-0.1, -0.05) is 72.9 Å². The quantitative estimate of drug-likeness (QED) is 0.501. The second kappa shape index (κ2) is 9.72. The Kier molecular flexibility index (Phi) is 8.96. The summed E-state index contributed by atoms with van der Waals surface area (Å²) in [6, 6.07) is 8.82. The van der Waals surface area contributed by atoms with Gasteiger partial charge in [0.2, 0.25) is 8.32 Å². The molecule has 0 heterocycles. The van der Waals surface area contributed by atoms with E-state index in [0.717, 1.165) is 0 Å². The molecular formula is C22H26Cl2OSi2Zr. The molecule has 3 aliphatic rings. The van der Waals surface area contributed by atoms with Crippen LogP contribution in [0.1, 0.15) is 16.7 Å². The first-order chi connectivity index (χ1) is 11.9. The predicted molar refractivity (Wildman–Crippen MR) is 112 cm³/mol. The largest absolute Gasteiger partial charge is 2.00 e. The molecule has 0 bridgehead atoms. The molecule has 0 spiro atoms. The summed E-state index contributed by atoms with van der Waals surface area (Å²) in [5.41, 5.74) is 4.61. The van der Waals surface area contributed by atoms with Gasteiger partial charge in [-0.05, 0) is 48.1 Å². The molecule has 3 unspecified atom stereocenters. The maximum Gasteiger partial charge on any atom is 2.00 e. The van der Waals surface area contributed by atoms with E-state index < -0.39 is 16.6 Å². The molecule has 3 atom stereocenters. The van der Waals surface area contributed by atoms with E-state index in [4.69, 9.17) is 4.12 Å². The summed E-state index contributed by atoms with van der Waals surface area (Å²) in [5.74, 6) is 0.402. The van der Waals surface area contributed by atoms with Gasteiger partial charge < -0.3 is 28.9 Å². The van der Waals surface area contributed by atoms with Crippen molar-refractivity contribution in [1.82, 2.24) is 0 Å². The second-order valence-electron chi connectivity index (χ2n) is 8.30. The summed E-state index contributed by atoms with van der Waals surface area (Å²) in [6.07, 6.45) is 18.3. The van der Waals surface area contributed by atoms with Crippen molar-refractivity contribution in [3.8, 4) is 0 Å². The van der Waals surface area contributed by atoms with Crippen LogP contribution in [0.15, 0.2) is 77.6 Å². The van der Waals surface area contributed by atoms with Crippen molar-refractivity contribution in [1.29, 1.82) is 0 Å². The van der Waals surface area contributed by atoms with Crippen LogP contribution in [0.2, 0.25) is 26.2 Å². The molecule has 3 aliphatic carbocycles. The molecular weight excluding hydrogens is 499 g/mol. The zero-order chi connectivity index (χ0) is 17.7. The van der Waals surface area contributed by atoms with Gasteiger partial charge in [-0.3, -0.25) is 0 Å². The van der Waals surface area contributed by atoms with Gasteiger partial charge in [0, 0.05) is 11.5 Å². The van der Waals surface area contributed by atoms with Gasteiger partial charge >= 0.3 is 26.2 Å². The first-order valence-electron chi connectivity index (χ1n) is 9.13. The number of hydrogen-bond donors (Lipinski definition) is 0. The van der Waals surface area contributed by atoms with Crippen LogP contribution in [0, 0.1) is 5.92 Å². The number of fused-ring (bicyclic) bond motifs is 2. The number of allylic oxidation sites excluding steroid dienone is 9. The van der Waals surface area contributed by atoms with Crippen LogP contribution in [0.25, 0.3) is 6.08 Å². The second-order valence-corrected chi connectivity index (χ2v) is 16.8. The average molecular weight is 525 g/mol. The monoisotopic (exact) mass is 522 g/mol. The summed E-state index contributed by atoms with van der Waals surface area (Å²) in [4.78, 5) is 0. The van der Waals surface area contributed by atoms with Crippen LogP contribution >= 0.6 is 0 Å². The number of rotatable bonds is 4. The van der Waals surface area contributed by atoms with E-state index in [9.17, 15) is 0 Å². The number of hydrogen-bond acceptors (Lipinski definition) is 1. The van der Waals surface area contributed by atoms with Crippen molar-refractivity contribution >= 4 is 22.7 Å². The predicted octanol–water partition coefficient (Wildman–Crippen LogP) is -0.0837. The molecule has 0 N–H and O–H groups in total. The molecule has 6 heteroatoms. The Hall–Kier alpha value is -0.223. The van der Waals surface area contributed by atoms with E-state index in [1.807, 2.05) is 0 Å². The third-order valence-electron chi connectivity index (χ3n) is 5.34. The van der Waals surface area contributed by atoms with E-state index in [2.05, 4.69) is 99.1 Å². The Morgan fingerprint density at radius 1 is 0.857 bits per heavy atom. The van der Waals surface area contributed by atoms with E-state index in [1.165, 1.54) is 21.9 Å². The smallest absolute Gasteiger partial charge is 1.00 e. The molecule has 4 rings (SSSR count). The fraction of sp³-hybridized carbons (Fsp3) is 0.273. The Bertz CT molecular complexity index is 868. The minimum atomic E-state index is -2.18. The molecule has 28 heavy (non-hydrogen) atoms. The Morgan fingerprint density at radius 3 is 2.29 bits per heavy atom.